The van der Waals surface area contributed by atoms with Gasteiger partial charge in [-0.3, -0.25) is 9.59 Å². The Labute approximate surface area is 155 Å². The maximum Gasteiger partial charge on any atom is 0.308 e. The Morgan fingerprint density at radius 1 is 1.35 bits per heavy atom. The molecule has 6 nitrogen and oxygen atoms in total. The topological polar surface area (TPSA) is 76.1 Å². The van der Waals surface area contributed by atoms with Crippen LogP contribution in [0.5, 0.6) is 5.75 Å². The third kappa shape index (κ3) is 4.97. The van der Waals surface area contributed by atoms with Gasteiger partial charge in [-0.1, -0.05) is 13.0 Å². The molecule has 0 fully saturated rings. The first-order valence-electron chi connectivity index (χ1n) is 9.19. The molecule has 1 N–H and O–H groups in total. The van der Waals surface area contributed by atoms with Crippen molar-refractivity contribution >= 4 is 11.9 Å². The molecule has 1 aromatic rings. The molecule has 2 rings (SSSR count). The lowest BCUT2D eigenvalue weighted by Crippen LogP contribution is -2.45. The minimum Gasteiger partial charge on any atom is -0.481 e. The molecule has 0 saturated heterocycles. The SMILES string of the molecule is CCOCCCN(CC(C)C(=O)O)C(=O)C1Cc2cc(C)c(C)cc2O1. The Hall–Kier alpha value is -2.08. The molecule has 0 saturated carbocycles. The third-order valence-electron chi connectivity index (χ3n) is 4.78. The fourth-order valence-corrected chi connectivity index (χ4v) is 3.06. The number of carbonyl (C=O) groups is 2. The minimum absolute atomic E-state index is 0.152. The molecule has 0 spiro atoms. The summed E-state index contributed by atoms with van der Waals surface area (Å²) in [7, 11) is 0. The number of amides is 1. The van der Waals surface area contributed by atoms with Crippen molar-refractivity contribution in [2.75, 3.05) is 26.3 Å². The van der Waals surface area contributed by atoms with Crippen LogP contribution in [0.2, 0.25) is 0 Å². The summed E-state index contributed by atoms with van der Waals surface area (Å²) >= 11 is 0. The minimum atomic E-state index is -0.908. The Balaban J connectivity index is 2.06. The van der Waals surface area contributed by atoms with E-state index in [1.807, 2.05) is 26.8 Å². The van der Waals surface area contributed by atoms with Crippen molar-refractivity contribution in [2.24, 2.45) is 5.92 Å². The summed E-state index contributed by atoms with van der Waals surface area (Å²) in [5, 5.41) is 9.20. The highest BCUT2D eigenvalue weighted by Crippen LogP contribution is 2.32. The van der Waals surface area contributed by atoms with E-state index in [-0.39, 0.29) is 12.5 Å². The van der Waals surface area contributed by atoms with Crippen molar-refractivity contribution in [1.29, 1.82) is 0 Å². The number of rotatable bonds is 9. The van der Waals surface area contributed by atoms with Crippen LogP contribution in [0.25, 0.3) is 0 Å². The second-order valence-electron chi connectivity index (χ2n) is 6.93. The second kappa shape index (κ2) is 9.03. The highest BCUT2D eigenvalue weighted by Gasteiger charge is 2.33. The largest absolute Gasteiger partial charge is 0.481 e. The van der Waals surface area contributed by atoms with Gasteiger partial charge < -0.3 is 19.5 Å². The van der Waals surface area contributed by atoms with Crippen LogP contribution in [0.4, 0.5) is 0 Å². The van der Waals surface area contributed by atoms with Gasteiger partial charge in [-0.05, 0) is 49.9 Å². The summed E-state index contributed by atoms with van der Waals surface area (Å²) in [6.07, 6.45) is 0.613. The molecular weight excluding hydrogens is 334 g/mol. The molecule has 144 valence electrons. The lowest BCUT2D eigenvalue weighted by atomic mass is 10.0. The van der Waals surface area contributed by atoms with Crippen molar-refractivity contribution in [3.8, 4) is 5.75 Å². The van der Waals surface area contributed by atoms with Crippen LogP contribution in [-0.4, -0.2) is 54.3 Å². The number of fused-ring (bicyclic) bond motifs is 1. The van der Waals surface area contributed by atoms with Gasteiger partial charge in [0.25, 0.3) is 5.91 Å². The molecule has 2 unspecified atom stereocenters. The van der Waals surface area contributed by atoms with E-state index in [1.54, 1.807) is 11.8 Å². The zero-order valence-electron chi connectivity index (χ0n) is 16.1. The zero-order chi connectivity index (χ0) is 19.3. The number of benzene rings is 1. The van der Waals surface area contributed by atoms with Crippen molar-refractivity contribution in [2.45, 2.75) is 46.6 Å². The van der Waals surface area contributed by atoms with Gasteiger partial charge in [-0.2, -0.15) is 0 Å². The molecule has 1 heterocycles. The van der Waals surface area contributed by atoms with Crippen molar-refractivity contribution in [3.05, 3.63) is 28.8 Å². The van der Waals surface area contributed by atoms with Gasteiger partial charge in [0.15, 0.2) is 6.10 Å². The maximum absolute atomic E-state index is 13.0. The van der Waals surface area contributed by atoms with E-state index in [4.69, 9.17) is 9.47 Å². The first-order chi connectivity index (χ1) is 12.3. The van der Waals surface area contributed by atoms with E-state index in [2.05, 4.69) is 6.07 Å². The number of aryl methyl sites for hydroxylation is 2. The Kier molecular flexibility index (Phi) is 7.03. The Morgan fingerprint density at radius 3 is 2.69 bits per heavy atom. The molecule has 1 aliphatic rings. The molecule has 1 aromatic carbocycles. The fourth-order valence-electron chi connectivity index (χ4n) is 3.06. The highest BCUT2D eigenvalue weighted by atomic mass is 16.5. The lowest BCUT2D eigenvalue weighted by molar-refractivity contribution is -0.144. The van der Waals surface area contributed by atoms with Gasteiger partial charge in [0, 0.05) is 32.7 Å². The van der Waals surface area contributed by atoms with Crippen LogP contribution in [0, 0.1) is 19.8 Å². The van der Waals surface area contributed by atoms with Crippen LogP contribution in [0.1, 0.15) is 37.0 Å². The number of carboxylic acid groups (broad SMARTS) is 1. The van der Waals surface area contributed by atoms with E-state index in [1.165, 1.54) is 5.56 Å². The van der Waals surface area contributed by atoms with E-state index < -0.39 is 18.0 Å². The van der Waals surface area contributed by atoms with Gasteiger partial charge in [0.1, 0.15) is 5.75 Å². The number of hydrogen-bond donors (Lipinski definition) is 1. The van der Waals surface area contributed by atoms with E-state index >= 15 is 0 Å². The number of carbonyl (C=O) groups excluding carboxylic acids is 1. The highest BCUT2D eigenvalue weighted by molar-refractivity contribution is 5.83. The summed E-state index contributed by atoms with van der Waals surface area (Å²) in [5.41, 5.74) is 3.34. The number of aliphatic carboxylic acids is 1. The summed E-state index contributed by atoms with van der Waals surface area (Å²) in [6.45, 7) is 9.40. The monoisotopic (exact) mass is 363 g/mol. The van der Waals surface area contributed by atoms with Crippen molar-refractivity contribution in [1.82, 2.24) is 4.90 Å². The normalized spacial score (nSPS) is 16.7. The number of hydrogen-bond acceptors (Lipinski definition) is 4. The molecule has 2 atom stereocenters. The fraction of sp³-hybridized carbons (Fsp3) is 0.600. The van der Waals surface area contributed by atoms with Crippen LogP contribution in [0.15, 0.2) is 12.1 Å². The third-order valence-corrected chi connectivity index (χ3v) is 4.78. The summed E-state index contributed by atoms with van der Waals surface area (Å²) in [5.74, 6) is -0.929. The zero-order valence-corrected chi connectivity index (χ0v) is 16.1. The predicted molar refractivity (Wildman–Crippen MR) is 98.5 cm³/mol. The standard InChI is InChI=1S/C20H29NO5/c1-5-25-8-6-7-21(12-15(4)20(23)24)19(22)18-11-16-9-13(2)14(3)10-17(16)26-18/h9-10,15,18H,5-8,11-12H2,1-4H3,(H,23,24). The Morgan fingerprint density at radius 2 is 2.04 bits per heavy atom. The lowest BCUT2D eigenvalue weighted by Gasteiger charge is -2.27. The first-order valence-corrected chi connectivity index (χ1v) is 9.19. The van der Waals surface area contributed by atoms with Gasteiger partial charge in [0.05, 0.1) is 5.92 Å². The average molecular weight is 363 g/mol. The molecule has 0 aromatic heterocycles. The smallest absolute Gasteiger partial charge is 0.308 e. The average Bonchev–Trinajstić information content (AvgIpc) is 2.99. The predicted octanol–water partition coefficient (Wildman–Crippen LogP) is 2.58. The van der Waals surface area contributed by atoms with Gasteiger partial charge in [-0.15, -0.1) is 0 Å². The molecule has 1 amide bonds. The molecule has 0 bridgehead atoms. The Bertz CT molecular complexity index is 627. The van der Waals surface area contributed by atoms with Gasteiger partial charge in [0.2, 0.25) is 0 Å². The molecule has 6 heteroatoms. The summed E-state index contributed by atoms with van der Waals surface area (Å²) < 4.78 is 11.2. The van der Waals surface area contributed by atoms with Crippen LogP contribution in [-0.2, 0) is 20.7 Å². The molecule has 0 aliphatic carbocycles. The van der Waals surface area contributed by atoms with E-state index in [9.17, 15) is 14.7 Å². The molecule has 1 aliphatic heterocycles. The first kappa shape index (κ1) is 20.2. The molecule has 0 radical (unpaired) electrons. The number of carboxylic acids is 1. The van der Waals surface area contributed by atoms with Gasteiger partial charge >= 0.3 is 5.97 Å². The van der Waals surface area contributed by atoms with Crippen LogP contribution < -0.4 is 4.74 Å². The maximum atomic E-state index is 13.0. The molecule has 26 heavy (non-hydrogen) atoms. The summed E-state index contributed by atoms with van der Waals surface area (Å²) in [6, 6.07) is 4.04. The second-order valence-corrected chi connectivity index (χ2v) is 6.93. The number of nitrogens with zero attached hydrogens (tertiary/aromatic N) is 1. The van der Waals surface area contributed by atoms with Crippen molar-refractivity contribution < 1.29 is 24.2 Å². The van der Waals surface area contributed by atoms with Crippen molar-refractivity contribution in [3.63, 3.8) is 0 Å². The number of ether oxygens (including phenoxy) is 2. The summed E-state index contributed by atoms with van der Waals surface area (Å²) in [4.78, 5) is 25.8. The van der Waals surface area contributed by atoms with E-state index in [0.29, 0.717) is 32.6 Å². The van der Waals surface area contributed by atoms with E-state index in [0.717, 1.165) is 16.9 Å². The van der Waals surface area contributed by atoms with Crippen LogP contribution in [0.3, 0.4) is 0 Å². The molecular formula is C20H29NO5. The van der Waals surface area contributed by atoms with Crippen LogP contribution >= 0.6 is 0 Å². The quantitative estimate of drug-likeness (QED) is 0.683. The van der Waals surface area contributed by atoms with Gasteiger partial charge in [-0.25, -0.2) is 0 Å².